The maximum Gasteiger partial charge on any atom is 0.0995 e. The predicted molar refractivity (Wildman–Crippen MR) is 83.0 cm³/mol. The molecular weight excluding hydrogens is 276 g/mol. The second-order valence-electron chi connectivity index (χ2n) is 5.58. The van der Waals surface area contributed by atoms with Crippen molar-refractivity contribution in [1.29, 1.82) is 5.26 Å². The van der Waals surface area contributed by atoms with Crippen LogP contribution in [-0.4, -0.2) is 40.5 Å². The molecule has 5 nitrogen and oxygen atoms in total. The second kappa shape index (κ2) is 7.21. The summed E-state index contributed by atoms with van der Waals surface area (Å²) in [6, 6.07) is 12.0. The van der Waals surface area contributed by atoms with E-state index in [4.69, 9.17) is 4.74 Å². The Hall–Kier alpha value is -2.16. The Morgan fingerprint density at radius 1 is 1.32 bits per heavy atom. The molecule has 1 aromatic heterocycles. The SMILES string of the molecule is N#Cc1ccccc1CN1CCCO[C@@H](Cn2cccn2)C1. The third-order valence-electron chi connectivity index (χ3n) is 3.92. The Morgan fingerprint density at radius 3 is 3.05 bits per heavy atom. The Bertz CT molecular complexity index is 632. The summed E-state index contributed by atoms with van der Waals surface area (Å²) in [5.41, 5.74) is 1.85. The molecule has 114 valence electrons. The average molecular weight is 296 g/mol. The first-order valence-electron chi connectivity index (χ1n) is 7.64. The number of benzene rings is 1. The van der Waals surface area contributed by atoms with Crippen molar-refractivity contribution in [3.05, 3.63) is 53.9 Å². The van der Waals surface area contributed by atoms with Crippen molar-refractivity contribution in [2.24, 2.45) is 0 Å². The first-order chi connectivity index (χ1) is 10.8. The van der Waals surface area contributed by atoms with E-state index in [0.29, 0.717) is 0 Å². The molecule has 2 heterocycles. The predicted octanol–water partition coefficient (Wildman–Crippen LogP) is 2.05. The smallest absolute Gasteiger partial charge is 0.0995 e. The summed E-state index contributed by atoms with van der Waals surface area (Å²) < 4.78 is 7.85. The van der Waals surface area contributed by atoms with Crippen LogP contribution >= 0.6 is 0 Å². The molecule has 0 saturated carbocycles. The minimum absolute atomic E-state index is 0.136. The van der Waals surface area contributed by atoms with Crippen LogP contribution in [-0.2, 0) is 17.8 Å². The normalized spacial score (nSPS) is 19.5. The van der Waals surface area contributed by atoms with Gasteiger partial charge in [-0.3, -0.25) is 9.58 Å². The largest absolute Gasteiger partial charge is 0.375 e. The minimum Gasteiger partial charge on any atom is -0.375 e. The number of aromatic nitrogens is 2. The Morgan fingerprint density at radius 2 is 2.23 bits per heavy atom. The van der Waals surface area contributed by atoms with Crippen molar-refractivity contribution in [3.63, 3.8) is 0 Å². The lowest BCUT2D eigenvalue weighted by molar-refractivity contribution is 0.0391. The van der Waals surface area contributed by atoms with Gasteiger partial charge < -0.3 is 4.74 Å². The Balaban J connectivity index is 1.66. The van der Waals surface area contributed by atoms with Gasteiger partial charge in [-0.05, 0) is 24.1 Å². The molecule has 1 aliphatic rings. The van der Waals surface area contributed by atoms with Gasteiger partial charge in [-0.1, -0.05) is 18.2 Å². The van der Waals surface area contributed by atoms with E-state index in [1.807, 2.05) is 41.2 Å². The quantitative estimate of drug-likeness (QED) is 0.866. The lowest BCUT2D eigenvalue weighted by Crippen LogP contribution is -2.34. The monoisotopic (exact) mass is 296 g/mol. The van der Waals surface area contributed by atoms with Crippen LogP contribution in [0.1, 0.15) is 17.5 Å². The average Bonchev–Trinajstić information content (AvgIpc) is 2.95. The summed E-state index contributed by atoms with van der Waals surface area (Å²) in [5, 5.41) is 13.5. The van der Waals surface area contributed by atoms with Gasteiger partial charge in [0.1, 0.15) is 0 Å². The highest BCUT2D eigenvalue weighted by molar-refractivity contribution is 5.37. The summed E-state index contributed by atoms with van der Waals surface area (Å²) in [5.74, 6) is 0. The molecule has 1 fully saturated rings. The molecule has 5 heteroatoms. The summed E-state index contributed by atoms with van der Waals surface area (Å²) in [4.78, 5) is 2.37. The van der Waals surface area contributed by atoms with Crippen molar-refractivity contribution in [3.8, 4) is 6.07 Å². The molecule has 2 aromatic rings. The Labute approximate surface area is 130 Å². The van der Waals surface area contributed by atoms with Crippen LogP contribution in [0.15, 0.2) is 42.7 Å². The van der Waals surface area contributed by atoms with Crippen molar-refractivity contribution < 1.29 is 4.74 Å². The summed E-state index contributed by atoms with van der Waals surface area (Å²) in [6.07, 6.45) is 4.91. The second-order valence-corrected chi connectivity index (χ2v) is 5.58. The molecule has 0 unspecified atom stereocenters. The van der Waals surface area contributed by atoms with Crippen molar-refractivity contribution in [1.82, 2.24) is 14.7 Å². The molecule has 0 N–H and O–H groups in total. The fraction of sp³-hybridized carbons (Fsp3) is 0.412. The van der Waals surface area contributed by atoms with Gasteiger partial charge in [-0.25, -0.2) is 0 Å². The number of nitriles is 1. The van der Waals surface area contributed by atoms with Crippen LogP contribution in [0.2, 0.25) is 0 Å². The first kappa shape index (κ1) is 14.8. The van der Waals surface area contributed by atoms with E-state index in [2.05, 4.69) is 16.1 Å². The van der Waals surface area contributed by atoms with Crippen LogP contribution < -0.4 is 0 Å². The maximum atomic E-state index is 9.22. The third kappa shape index (κ3) is 3.73. The van der Waals surface area contributed by atoms with Crippen molar-refractivity contribution >= 4 is 0 Å². The van der Waals surface area contributed by atoms with E-state index in [0.717, 1.165) is 50.3 Å². The van der Waals surface area contributed by atoms with Gasteiger partial charge in [0, 0.05) is 38.6 Å². The Kier molecular flexibility index (Phi) is 4.84. The number of rotatable bonds is 4. The standard InChI is InChI=1S/C17H20N4O/c18-11-15-5-1-2-6-16(15)12-20-8-4-10-22-17(13-20)14-21-9-3-7-19-21/h1-3,5-7,9,17H,4,8,10,12-14H2/t17-/m1/s1. The van der Waals surface area contributed by atoms with E-state index in [9.17, 15) is 5.26 Å². The molecule has 1 aliphatic heterocycles. The van der Waals surface area contributed by atoms with Crippen molar-refractivity contribution in [2.45, 2.75) is 25.6 Å². The zero-order chi connectivity index (χ0) is 15.2. The number of hydrogen-bond donors (Lipinski definition) is 0. The van der Waals surface area contributed by atoms with Gasteiger partial charge in [0.2, 0.25) is 0 Å². The molecule has 0 amide bonds. The van der Waals surface area contributed by atoms with Gasteiger partial charge in [-0.15, -0.1) is 0 Å². The molecule has 1 atom stereocenters. The van der Waals surface area contributed by atoms with Gasteiger partial charge in [0.05, 0.1) is 24.3 Å². The van der Waals surface area contributed by atoms with Crippen LogP contribution in [0.4, 0.5) is 0 Å². The van der Waals surface area contributed by atoms with Crippen LogP contribution in [0.25, 0.3) is 0 Å². The molecule has 0 bridgehead atoms. The van der Waals surface area contributed by atoms with E-state index in [1.165, 1.54) is 0 Å². The maximum absolute atomic E-state index is 9.22. The molecule has 0 aliphatic carbocycles. The fourth-order valence-electron chi connectivity index (χ4n) is 2.85. The van der Waals surface area contributed by atoms with Crippen LogP contribution in [0.3, 0.4) is 0 Å². The zero-order valence-corrected chi connectivity index (χ0v) is 12.6. The highest BCUT2D eigenvalue weighted by atomic mass is 16.5. The minimum atomic E-state index is 0.136. The number of ether oxygens (including phenoxy) is 1. The van der Waals surface area contributed by atoms with E-state index >= 15 is 0 Å². The zero-order valence-electron chi connectivity index (χ0n) is 12.6. The van der Waals surface area contributed by atoms with Crippen LogP contribution in [0, 0.1) is 11.3 Å². The molecule has 1 aromatic carbocycles. The third-order valence-corrected chi connectivity index (χ3v) is 3.92. The molecule has 1 saturated heterocycles. The highest BCUT2D eigenvalue weighted by Crippen LogP contribution is 2.14. The van der Waals surface area contributed by atoms with Gasteiger partial charge in [0.15, 0.2) is 0 Å². The lowest BCUT2D eigenvalue weighted by Gasteiger charge is -2.24. The lowest BCUT2D eigenvalue weighted by atomic mass is 10.1. The van der Waals surface area contributed by atoms with Gasteiger partial charge in [0.25, 0.3) is 0 Å². The first-order valence-corrected chi connectivity index (χ1v) is 7.64. The van der Waals surface area contributed by atoms with E-state index < -0.39 is 0 Å². The molecule has 0 radical (unpaired) electrons. The van der Waals surface area contributed by atoms with Gasteiger partial charge >= 0.3 is 0 Å². The molecule has 0 spiro atoms. The van der Waals surface area contributed by atoms with Crippen molar-refractivity contribution in [2.75, 3.05) is 19.7 Å². The molecule has 22 heavy (non-hydrogen) atoms. The highest BCUT2D eigenvalue weighted by Gasteiger charge is 2.20. The van der Waals surface area contributed by atoms with E-state index in [1.54, 1.807) is 6.20 Å². The van der Waals surface area contributed by atoms with E-state index in [-0.39, 0.29) is 6.10 Å². The molecule has 3 rings (SSSR count). The van der Waals surface area contributed by atoms with Gasteiger partial charge in [-0.2, -0.15) is 10.4 Å². The summed E-state index contributed by atoms with van der Waals surface area (Å²) in [6.45, 7) is 4.20. The molecular formula is C17H20N4O. The fourth-order valence-corrected chi connectivity index (χ4v) is 2.85. The topological polar surface area (TPSA) is 54.1 Å². The summed E-state index contributed by atoms with van der Waals surface area (Å²) in [7, 11) is 0. The summed E-state index contributed by atoms with van der Waals surface area (Å²) >= 11 is 0. The van der Waals surface area contributed by atoms with Crippen LogP contribution in [0.5, 0.6) is 0 Å². The number of nitrogens with zero attached hydrogens (tertiary/aromatic N) is 4. The number of hydrogen-bond acceptors (Lipinski definition) is 4.